The minimum Gasteiger partial charge on any atom is -0.388 e. The van der Waals surface area contributed by atoms with E-state index < -0.39 is 6.10 Å². The predicted octanol–water partition coefficient (Wildman–Crippen LogP) is 3.99. The van der Waals surface area contributed by atoms with Crippen molar-refractivity contribution >= 4 is 22.9 Å². The smallest absolute Gasteiger partial charge is 0.0839 e. The fraction of sp³-hybridized carbons (Fsp3) is 0.231. The molecule has 0 aliphatic heterocycles. The maximum atomic E-state index is 10.1. The van der Waals surface area contributed by atoms with Crippen molar-refractivity contribution in [3.8, 4) is 0 Å². The zero-order valence-corrected chi connectivity index (χ0v) is 10.6. The van der Waals surface area contributed by atoms with E-state index in [4.69, 9.17) is 11.6 Å². The van der Waals surface area contributed by atoms with Crippen LogP contribution in [0.3, 0.4) is 0 Å². The highest BCUT2D eigenvalue weighted by atomic mass is 35.5. The van der Waals surface area contributed by atoms with Gasteiger partial charge in [-0.25, -0.2) is 0 Å². The Morgan fingerprint density at radius 1 is 1.38 bits per heavy atom. The summed E-state index contributed by atoms with van der Waals surface area (Å²) in [4.78, 5) is 1.22. The number of halogens is 1. The summed E-state index contributed by atoms with van der Waals surface area (Å²) < 4.78 is 0. The Kier molecular flexibility index (Phi) is 3.64. The number of aliphatic hydroxyl groups is 1. The summed E-state index contributed by atoms with van der Waals surface area (Å²) in [6.45, 7) is 2.04. The Labute approximate surface area is 104 Å². The van der Waals surface area contributed by atoms with Gasteiger partial charge in [-0.2, -0.15) is 0 Å². The highest BCUT2D eigenvalue weighted by molar-refractivity contribution is 7.10. The number of aliphatic hydroxyl groups excluding tert-OH is 1. The summed E-state index contributed by atoms with van der Waals surface area (Å²) in [5, 5.41) is 12.8. The summed E-state index contributed by atoms with van der Waals surface area (Å²) in [7, 11) is 0. The van der Waals surface area contributed by atoms with Crippen LogP contribution >= 0.6 is 22.9 Å². The maximum Gasteiger partial charge on any atom is 0.0839 e. The number of hydrogen-bond acceptors (Lipinski definition) is 2. The fourth-order valence-corrected chi connectivity index (χ4v) is 2.59. The summed E-state index contributed by atoms with van der Waals surface area (Å²) in [5.41, 5.74) is 1.96. The normalized spacial score (nSPS) is 12.7. The Bertz CT molecular complexity index is 478. The molecule has 1 aromatic carbocycles. The lowest BCUT2D eigenvalue weighted by Gasteiger charge is -2.10. The van der Waals surface area contributed by atoms with Crippen LogP contribution in [0.25, 0.3) is 0 Å². The first-order valence-corrected chi connectivity index (χ1v) is 6.39. The molecule has 0 amide bonds. The maximum absolute atomic E-state index is 10.1. The number of thiophene rings is 1. The highest BCUT2D eigenvalue weighted by Gasteiger charge is 2.11. The molecule has 1 aromatic heterocycles. The van der Waals surface area contributed by atoms with Crippen LogP contribution in [0, 0.1) is 6.92 Å². The van der Waals surface area contributed by atoms with Crippen LogP contribution < -0.4 is 0 Å². The molecule has 0 aliphatic rings. The van der Waals surface area contributed by atoms with Crippen molar-refractivity contribution in [1.29, 1.82) is 0 Å². The van der Waals surface area contributed by atoms with Crippen molar-refractivity contribution in [3.05, 3.63) is 56.7 Å². The summed E-state index contributed by atoms with van der Waals surface area (Å²) in [6.07, 6.45) is 0.0976. The molecule has 16 heavy (non-hydrogen) atoms. The molecule has 0 fully saturated rings. The first-order valence-electron chi connectivity index (χ1n) is 5.13. The summed E-state index contributed by atoms with van der Waals surface area (Å²) in [5.74, 6) is 0. The van der Waals surface area contributed by atoms with E-state index in [2.05, 4.69) is 0 Å². The topological polar surface area (TPSA) is 20.2 Å². The van der Waals surface area contributed by atoms with Crippen LogP contribution in [0.15, 0.2) is 35.7 Å². The van der Waals surface area contributed by atoms with E-state index in [-0.39, 0.29) is 0 Å². The largest absolute Gasteiger partial charge is 0.388 e. The molecule has 2 rings (SSSR count). The third kappa shape index (κ3) is 2.64. The molecule has 1 heterocycles. The number of hydrogen-bond donors (Lipinski definition) is 1. The van der Waals surface area contributed by atoms with Crippen molar-refractivity contribution < 1.29 is 5.11 Å². The van der Waals surface area contributed by atoms with E-state index in [1.54, 1.807) is 11.3 Å². The first-order chi connectivity index (χ1) is 7.66. The molecule has 1 N–H and O–H groups in total. The monoisotopic (exact) mass is 252 g/mol. The first kappa shape index (κ1) is 11.6. The molecule has 0 aliphatic carbocycles. The second kappa shape index (κ2) is 5.00. The molecule has 1 nitrogen and oxygen atoms in total. The van der Waals surface area contributed by atoms with Gasteiger partial charge in [-0.05, 0) is 35.6 Å². The third-order valence-corrected chi connectivity index (χ3v) is 3.76. The van der Waals surface area contributed by atoms with E-state index in [0.29, 0.717) is 11.4 Å². The van der Waals surface area contributed by atoms with E-state index in [1.165, 1.54) is 4.88 Å². The average Bonchev–Trinajstić information content (AvgIpc) is 2.68. The zero-order chi connectivity index (χ0) is 11.5. The van der Waals surface area contributed by atoms with Crippen LogP contribution in [-0.2, 0) is 6.42 Å². The van der Waals surface area contributed by atoms with Gasteiger partial charge in [-0.1, -0.05) is 29.8 Å². The standard InChI is InChI=1S/C13H13ClOS/c1-9-6-11(8-16-9)13(15)7-10-4-2-3-5-12(10)14/h2-6,8,13,15H,7H2,1H3. The number of rotatable bonds is 3. The van der Waals surface area contributed by atoms with Gasteiger partial charge in [0.2, 0.25) is 0 Å². The van der Waals surface area contributed by atoms with E-state index in [0.717, 1.165) is 11.1 Å². The van der Waals surface area contributed by atoms with Gasteiger partial charge in [0.1, 0.15) is 0 Å². The van der Waals surface area contributed by atoms with E-state index in [9.17, 15) is 5.11 Å². The fourth-order valence-electron chi connectivity index (χ4n) is 1.63. The molecule has 0 saturated carbocycles. The lowest BCUT2D eigenvalue weighted by Crippen LogP contribution is -2.00. The Morgan fingerprint density at radius 3 is 2.75 bits per heavy atom. The highest BCUT2D eigenvalue weighted by Crippen LogP contribution is 2.26. The third-order valence-electron chi connectivity index (χ3n) is 2.51. The van der Waals surface area contributed by atoms with Gasteiger partial charge in [0.05, 0.1) is 6.10 Å². The van der Waals surface area contributed by atoms with Crippen molar-refractivity contribution in [1.82, 2.24) is 0 Å². The Balaban J connectivity index is 2.13. The second-order valence-electron chi connectivity index (χ2n) is 3.80. The Morgan fingerprint density at radius 2 is 2.12 bits per heavy atom. The van der Waals surface area contributed by atoms with Crippen molar-refractivity contribution in [2.24, 2.45) is 0 Å². The van der Waals surface area contributed by atoms with Crippen LogP contribution in [0.2, 0.25) is 5.02 Å². The quantitative estimate of drug-likeness (QED) is 0.876. The molecule has 1 atom stereocenters. The van der Waals surface area contributed by atoms with Gasteiger partial charge >= 0.3 is 0 Å². The molecule has 84 valence electrons. The van der Waals surface area contributed by atoms with Gasteiger partial charge in [0, 0.05) is 16.3 Å². The average molecular weight is 253 g/mol. The summed E-state index contributed by atoms with van der Waals surface area (Å²) in [6, 6.07) is 9.65. The second-order valence-corrected chi connectivity index (χ2v) is 5.32. The van der Waals surface area contributed by atoms with Crippen LogP contribution in [-0.4, -0.2) is 5.11 Å². The van der Waals surface area contributed by atoms with E-state index in [1.807, 2.05) is 42.6 Å². The van der Waals surface area contributed by atoms with Crippen LogP contribution in [0.5, 0.6) is 0 Å². The minimum atomic E-state index is -0.468. The molecule has 2 aromatic rings. The number of aryl methyl sites for hydroxylation is 1. The zero-order valence-electron chi connectivity index (χ0n) is 8.98. The molecule has 0 spiro atoms. The van der Waals surface area contributed by atoms with Gasteiger partial charge in [-0.3, -0.25) is 0 Å². The Hall–Kier alpha value is -0.830. The number of benzene rings is 1. The van der Waals surface area contributed by atoms with Gasteiger partial charge < -0.3 is 5.11 Å². The lowest BCUT2D eigenvalue weighted by molar-refractivity contribution is 0.179. The van der Waals surface area contributed by atoms with Gasteiger partial charge in [0.25, 0.3) is 0 Å². The predicted molar refractivity (Wildman–Crippen MR) is 69.2 cm³/mol. The molecule has 3 heteroatoms. The van der Waals surface area contributed by atoms with Crippen molar-refractivity contribution in [3.63, 3.8) is 0 Å². The summed E-state index contributed by atoms with van der Waals surface area (Å²) >= 11 is 7.71. The molecular weight excluding hydrogens is 240 g/mol. The van der Waals surface area contributed by atoms with E-state index >= 15 is 0 Å². The molecule has 1 unspecified atom stereocenters. The van der Waals surface area contributed by atoms with Crippen LogP contribution in [0.1, 0.15) is 22.1 Å². The molecule has 0 radical (unpaired) electrons. The van der Waals surface area contributed by atoms with Crippen molar-refractivity contribution in [2.45, 2.75) is 19.4 Å². The molecular formula is C13H13ClOS. The SMILES string of the molecule is Cc1cc(C(O)Cc2ccccc2Cl)cs1. The van der Waals surface area contributed by atoms with Gasteiger partial charge in [0.15, 0.2) is 0 Å². The molecule has 0 bridgehead atoms. The van der Waals surface area contributed by atoms with Crippen LogP contribution in [0.4, 0.5) is 0 Å². The lowest BCUT2D eigenvalue weighted by atomic mass is 10.0. The minimum absolute atomic E-state index is 0.468. The molecule has 0 saturated heterocycles. The van der Waals surface area contributed by atoms with Crippen molar-refractivity contribution in [2.75, 3.05) is 0 Å². The van der Waals surface area contributed by atoms with Gasteiger partial charge in [-0.15, -0.1) is 11.3 Å².